The lowest BCUT2D eigenvalue weighted by Crippen LogP contribution is -2.45. The maximum absolute atomic E-state index is 12.6. The summed E-state index contributed by atoms with van der Waals surface area (Å²) >= 11 is 0. The second-order valence-corrected chi connectivity index (χ2v) is 6.94. The minimum absolute atomic E-state index is 0.0378. The van der Waals surface area contributed by atoms with Gasteiger partial charge in [-0.3, -0.25) is 4.98 Å². The monoisotopic (exact) mass is 365 g/mol. The van der Waals surface area contributed by atoms with Gasteiger partial charge in [-0.1, -0.05) is 29.4 Å². The lowest BCUT2D eigenvalue weighted by Gasteiger charge is -2.31. The quantitative estimate of drug-likeness (QED) is 0.768. The fourth-order valence-electron chi connectivity index (χ4n) is 3.63. The smallest absolute Gasteiger partial charge is 0.317 e. The minimum atomic E-state index is -0.0378. The summed E-state index contributed by atoms with van der Waals surface area (Å²) < 4.78 is 5.29. The van der Waals surface area contributed by atoms with Gasteiger partial charge in [0.05, 0.1) is 11.4 Å². The van der Waals surface area contributed by atoms with Crippen molar-refractivity contribution in [2.45, 2.75) is 32.1 Å². The van der Waals surface area contributed by atoms with Gasteiger partial charge in [-0.25, -0.2) is 4.79 Å². The number of rotatable bonds is 4. The van der Waals surface area contributed by atoms with Gasteiger partial charge >= 0.3 is 6.03 Å². The van der Waals surface area contributed by atoms with E-state index in [9.17, 15) is 4.79 Å². The standard InChI is InChI=1S/C20H23N5O2/c1-14-23-19(27-24-14)17-8-4-12-25(13-17)20(26)22-11-9-16-6-2-5-15-7-3-10-21-18(15)16/h2-3,5-7,10,17H,4,8-9,11-13H2,1H3,(H,22,26)/t17-/m0/s1. The average molecular weight is 365 g/mol. The summed E-state index contributed by atoms with van der Waals surface area (Å²) in [5.41, 5.74) is 2.14. The summed E-state index contributed by atoms with van der Waals surface area (Å²) in [4.78, 5) is 23.2. The summed E-state index contributed by atoms with van der Waals surface area (Å²) in [6.45, 7) is 3.76. The number of para-hydroxylation sites is 1. The number of carbonyl (C=O) groups excluding carboxylic acids is 1. The Kier molecular flexibility index (Phi) is 5.00. The maximum Gasteiger partial charge on any atom is 0.317 e. The molecule has 1 aliphatic rings. The number of pyridine rings is 1. The molecule has 1 fully saturated rings. The lowest BCUT2D eigenvalue weighted by molar-refractivity contribution is 0.172. The Morgan fingerprint density at radius 3 is 3.07 bits per heavy atom. The maximum atomic E-state index is 12.6. The largest absolute Gasteiger partial charge is 0.339 e. The topological polar surface area (TPSA) is 84.2 Å². The third-order valence-electron chi connectivity index (χ3n) is 4.99. The number of likely N-dealkylation sites (tertiary alicyclic amines) is 1. The number of nitrogens with zero attached hydrogens (tertiary/aromatic N) is 4. The molecule has 1 aromatic carbocycles. The first-order chi connectivity index (χ1) is 13.2. The average Bonchev–Trinajstić information content (AvgIpc) is 3.14. The highest BCUT2D eigenvalue weighted by molar-refractivity contribution is 5.81. The molecular weight excluding hydrogens is 342 g/mol. The van der Waals surface area contributed by atoms with Crippen LogP contribution >= 0.6 is 0 Å². The Balaban J connectivity index is 1.33. The van der Waals surface area contributed by atoms with Gasteiger partial charge in [0.25, 0.3) is 0 Å². The third-order valence-corrected chi connectivity index (χ3v) is 4.99. The Morgan fingerprint density at radius 1 is 1.33 bits per heavy atom. The number of amides is 2. The highest BCUT2D eigenvalue weighted by atomic mass is 16.5. The van der Waals surface area contributed by atoms with E-state index < -0.39 is 0 Å². The van der Waals surface area contributed by atoms with Crippen molar-refractivity contribution in [1.82, 2.24) is 25.3 Å². The molecule has 1 atom stereocenters. The van der Waals surface area contributed by atoms with Gasteiger partial charge in [0.1, 0.15) is 0 Å². The molecule has 0 saturated carbocycles. The van der Waals surface area contributed by atoms with E-state index in [2.05, 4.69) is 38.6 Å². The molecule has 3 aromatic rings. The second kappa shape index (κ2) is 7.73. The summed E-state index contributed by atoms with van der Waals surface area (Å²) in [5.74, 6) is 1.38. The summed E-state index contributed by atoms with van der Waals surface area (Å²) in [5, 5.41) is 8.01. The van der Waals surface area contributed by atoms with E-state index >= 15 is 0 Å². The van der Waals surface area contributed by atoms with Crippen LogP contribution in [0.25, 0.3) is 10.9 Å². The first kappa shape index (κ1) is 17.5. The molecule has 0 unspecified atom stereocenters. The summed E-state index contributed by atoms with van der Waals surface area (Å²) in [7, 11) is 0. The van der Waals surface area contributed by atoms with Crippen LogP contribution in [0.4, 0.5) is 4.79 Å². The predicted octanol–water partition coefficient (Wildman–Crippen LogP) is 3.06. The van der Waals surface area contributed by atoms with Crippen LogP contribution in [-0.2, 0) is 6.42 Å². The number of piperidine rings is 1. The molecule has 140 valence electrons. The van der Waals surface area contributed by atoms with Crippen molar-refractivity contribution in [3.8, 4) is 0 Å². The molecule has 7 heteroatoms. The van der Waals surface area contributed by atoms with Crippen molar-refractivity contribution in [3.05, 3.63) is 53.8 Å². The number of carbonyl (C=O) groups is 1. The molecule has 1 N–H and O–H groups in total. The van der Waals surface area contributed by atoms with E-state index in [4.69, 9.17) is 4.52 Å². The first-order valence-electron chi connectivity index (χ1n) is 9.36. The fraction of sp³-hybridized carbons (Fsp3) is 0.400. The molecule has 4 rings (SSSR count). The molecule has 3 heterocycles. The van der Waals surface area contributed by atoms with Crippen LogP contribution in [0, 0.1) is 6.92 Å². The zero-order valence-corrected chi connectivity index (χ0v) is 15.4. The van der Waals surface area contributed by atoms with Crippen molar-refractivity contribution in [1.29, 1.82) is 0 Å². The van der Waals surface area contributed by atoms with Gasteiger partial charge in [-0.15, -0.1) is 0 Å². The Hall–Kier alpha value is -2.96. The van der Waals surface area contributed by atoms with Crippen LogP contribution in [0.1, 0.15) is 36.0 Å². The van der Waals surface area contributed by atoms with Crippen molar-refractivity contribution in [2.75, 3.05) is 19.6 Å². The first-order valence-corrected chi connectivity index (χ1v) is 9.36. The van der Waals surface area contributed by atoms with Gasteiger partial charge in [0.15, 0.2) is 5.82 Å². The van der Waals surface area contributed by atoms with Crippen molar-refractivity contribution < 1.29 is 9.32 Å². The predicted molar refractivity (Wildman–Crippen MR) is 101 cm³/mol. The number of aryl methyl sites for hydroxylation is 1. The highest BCUT2D eigenvalue weighted by Gasteiger charge is 2.28. The fourth-order valence-corrected chi connectivity index (χ4v) is 3.63. The van der Waals surface area contributed by atoms with E-state index in [1.165, 1.54) is 0 Å². The zero-order valence-electron chi connectivity index (χ0n) is 15.4. The summed E-state index contributed by atoms with van der Waals surface area (Å²) in [6, 6.07) is 10.1. The number of benzene rings is 1. The number of urea groups is 1. The zero-order chi connectivity index (χ0) is 18.6. The number of fused-ring (bicyclic) bond motifs is 1. The van der Waals surface area contributed by atoms with Crippen LogP contribution in [0.3, 0.4) is 0 Å². The minimum Gasteiger partial charge on any atom is -0.339 e. The van der Waals surface area contributed by atoms with Crippen LogP contribution in [-0.4, -0.2) is 45.7 Å². The van der Waals surface area contributed by atoms with Gasteiger partial charge in [-0.05, 0) is 37.8 Å². The Morgan fingerprint density at radius 2 is 2.22 bits per heavy atom. The molecule has 7 nitrogen and oxygen atoms in total. The second-order valence-electron chi connectivity index (χ2n) is 6.94. The molecule has 2 amide bonds. The third kappa shape index (κ3) is 3.92. The molecule has 2 aromatic heterocycles. The van der Waals surface area contributed by atoms with Gasteiger partial charge in [0.2, 0.25) is 5.89 Å². The van der Waals surface area contributed by atoms with Crippen molar-refractivity contribution >= 4 is 16.9 Å². The molecule has 27 heavy (non-hydrogen) atoms. The van der Waals surface area contributed by atoms with E-state index in [-0.39, 0.29) is 11.9 Å². The molecule has 0 bridgehead atoms. The number of aromatic nitrogens is 3. The normalized spacial score (nSPS) is 17.2. The van der Waals surface area contributed by atoms with E-state index in [1.807, 2.05) is 24.0 Å². The SMILES string of the molecule is Cc1noc([C@H]2CCCN(C(=O)NCCc3cccc4cccnc34)C2)n1. The number of nitrogens with one attached hydrogen (secondary N) is 1. The van der Waals surface area contributed by atoms with Crippen LogP contribution in [0.2, 0.25) is 0 Å². The van der Waals surface area contributed by atoms with Gasteiger partial charge < -0.3 is 14.7 Å². The molecular formula is C20H23N5O2. The number of hydrogen-bond donors (Lipinski definition) is 1. The lowest BCUT2D eigenvalue weighted by atomic mass is 9.98. The van der Waals surface area contributed by atoms with Crippen LogP contribution in [0.15, 0.2) is 41.1 Å². The summed E-state index contributed by atoms with van der Waals surface area (Å²) in [6.07, 6.45) is 4.46. The molecule has 0 aliphatic carbocycles. The van der Waals surface area contributed by atoms with Gasteiger partial charge in [0, 0.05) is 31.2 Å². The van der Waals surface area contributed by atoms with Crippen molar-refractivity contribution in [3.63, 3.8) is 0 Å². The molecule has 1 aliphatic heterocycles. The van der Waals surface area contributed by atoms with E-state index in [1.54, 1.807) is 6.20 Å². The van der Waals surface area contributed by atoms with E-state index in [0.717, 1.165) is 42.3 Å². The van der Waals surface area contributed by atoms with Crippen molar-refractivity contribution in [2.24, 2.45) is 0 Å². The number of hydrogen-bond acceptors (Lipinski definition) is 5. The van der Waals surface area contributed by atoms with Gasteiger partial charge in [-0.2, -0.15) is 4.98 Å². The van der Waals surface area contributed by atoms with Crippen LogP contribution < -0.4 is 5.32 Å². The molecule has 1 saturated heterocycles. The Bertz CT molecular complexity index is 934. The van der Waals surface area contributed by atoms with E-state index in [0.29, 0.717) is 24.8 Å². The molecule has 0 radical (unpaired) electrons. The highest BCUT2D eigenvalue weighted by Crippen LogP contribution is 2.25. The molecule has 0 spiro atoms. The Labute approximate surface area is 157 Å². The van der Waals surface area contributed by atoms with Crippen LogP contribution in [0.5, 0.6) is 0 Å².